The summed E-state index contributed by atoms with van der Waals surface area (Å²) >= 11 is 0. The number of benzene rings is 1. The van der Waals surface area contributed by atoms with Crippen LogP contribution in [0.1, 0.15) is 28.8 Å². The number of hydrogen-bond acceptors (Lipinski definition) is 5. The molecule has 2 rings (SSSR count). The lowest BCUT2D eigenvalue weighted by atomic mass is 10.1. The van der Waals surface area contributed by atoms with Gasteiger partial charge < -0.3 is 5.11 Å². The number of aliphatic hydroxyl groups is 1. The van der Waals surface area contributed by atoms with Crippen LogP contribution in [0.15, 0.2) is 24.3 Å². The van der Waals surface area contributed by atoms with E-state index in [0.717, 1.165) is 12.0 Å². The van der Waals surface area contributed by atoms with Crippen molar-refractivity contribution < 1.29 is 24.4 Å². The molecule has 1 heterocycles. The quantitative estimate of drug-likeness (QED) is 0.585. The third-order valence-corrected chi connectivity index (χ3v) is 2.93. The van der Waals surface area contributed by atoms with E-state index in [1.807, 2.05) is 6.07 Å². The largest absolute Gasteiger partial charge is 0.394 e. The Morgan fingerprint density at radius 1 is 1.48 bits per heavy atom. The van der Waals surface area contributed by atoms with Crippen LogP contribution in [0.4, 0.5) is 0 Å². The van der Waals surface area contributed by atoms with E-state index in [4.69, 9.17) is 14.8 Å². The van der Waals surface area contributed by atoms with Crippen LogP contribution in [0.5, 0.6) is 0 Å². The molecule has 0 spiro atoms. The van der Waals surface area contributed by atoms with Crippen molar-refractivity contribution >= 4 is 11.8 Å². The van der Waals surface area contributed by atoms with Gasteiger partial charge >= 0.3 is 0 Å². The first-order chi connectivity index (χ1) is 10.2. The molecule has 0 aliphatic carbocycles. The van der Waals surface area contributed by atoms with Crippen molar-refractivity contribution in [2.24, 2.45) is 0 Å². The Morgan fingerprint density at radius 2 is 2.33 bits per heavy atom. The van der Waals surface area contributed by atoms with Gasteiger partial charge in [-0.3, -0.25) is 19.3 Å². The van der Waals surface area contributed by atoms with Crippen molar-refractivity contribution in [3.8, 4) is 0 Å². The minimum Gasteiger partial charge on any atom is -0.394 e. The molecule has 2 N–H and O–H groups in total. The highest BCUT2D eigenvalue weighted by molar-refractivity contribution is 5.93. The fourth-order valence-corrected chi connectivity index (χ4v) is 1.93. The molecule has 0 bridgehead atoms. The van der Waals surface area contributed by atoms with Crippen LogP contribution >= 0.6 is 0 Å². The van der Waals surface area contributed by atoms with Gasteiger partial charge in [-0.25, -0.2) is 10.5 Å². The first kappa shape index (κ1) is 15.4. The summed E-state index contributed by atoms with van der Waals surface area (Å²) in [5.41, 5.74) is 3.43. The maximum Gasteiger partial charge on any atom is 0.274 e. The smallest absolute Gasteiger partial charge is 0.274 e. The first-order valence-corrected chi connectivity index (χ1v) is 6.76. The normalized spacial score (nSPS) is 15.1. The molecular weight excluding hydrogens is 276 g/mol. The van der Waals surface area contributed by atoms with Crippen LogP contribution in [0.25, 0.3) is 0 Å². The number of nitrogens with one attached hydrogen (secondary N) is 1. The van der Waals surface area contributed by atoms with Crippen LogP contribution < -0.4 is 5.48 Å². The fourth-order valence-electron chi connectivity index (χ4n) is 1.93. The van der Waals surface area contributed by atoms with E-state index in [0.29, 0.717) is 25.1 Å². The highest BCUT2D eigenvalue weighted by Gasteiger charge is 2.19. The summed E-state index contributed by atoms with van der Waals surface area (Å²) in [6, 6.07) is 6.85. The van der Waals surface area contributed by atoms with Gasteiger partial charge in [0, 0.05) is 12.0 Å². The Balaban J connectivity index is 1.96. The van der Waals surface area contributed by atoms with Crippen LogP contribution in [-0.2, 0) is 21.0 Å². The zero-order valence-electron chi connectivity index (χ0n) is 11.6. The Kier molecular flexibility index (Phi) is 5.68. The third-order valence-electron chi connectivity index (χ3n) is 2.93. The predicted molar refractivity (Wildman–Crippen MR) is 72.7 cm³/mol. The fraction of sp³-hybridized carbons (Fsp3) is 0.429. The first-order valence-electron chi connectivity index (χ1n) is 6.76. The van der Waals surface area contributed by atoms with Gasteiger partial charge in [-0.1, -0.05) is 12.1 Å². The summed E-state index contributed by atoms with van der Waals surface area (Å²) in [5.74, 6) is -0.460. The topological polar surface area (TPSA) is 88.1 Å². The summed E-state index contributed by atoms with van der Waals surface area (Å²) in [4.78, 5) is 33.5. The molecule has 1 saturated heterocycles. The molecule has 1 aromatic rings. The molecule has 1 aromatic carbocycles. The molecule has 0 aromatic heterocycles. The van der Waals surface area contributed by atoms with Crippen LogP contribution in [0.3, 0.4) is 0 Å². The molecule has 7 heteroatoms. The van der Waals surface area contributed by atoms with E-state index in [-0.39, 0.29) is 19.1 Å². The Hall–Kier alpha value is -1.96. The average molecular weight is 294 g/mol. The van der Waals surface area contributed by atoms with Crippen LogP contribution in [-0.4, -0.2) is 41.8 Å². The van der Waals surface area contributed by atoms with E-state index >= 15 is 0 Å². The molecule has 1 aliphatic heterocycles. The highest BCUT2D eigenvalue weighted by atomic mass is 16.7. The molecule has 2 amide bonds. The number of amides is 2. The summed E-state index contributed by atoms with van der Waals surface area (Å²) in [6.45, 7) is 0.689. The van der Waals surface area contributed by atoms with E-state index in [1.54, 1.807) is 18.2 Å². The zero-order chi connectivity index (χ0) is 15.1. The molecule has 7 nitrogen and oxygen atoms in total. The van der Waals surface area contributed by atoms with E-state index in [2.05, 4.69) is 5.48 Å². The molecule has 21 heavy (non-hydrogen) atoms. The molecule has 1 fully saturated rings. The predicted octanol–water partition coefficient (Wildman–Crippen LogP) is 0.394. The van der Waals surface area contributed by atoms with Gasteiger partial charge in [0.25, 0.3) is 5.91 Å². The van der Waals surface area contributed by atoms with Gasteiger partial charge in [-0.05, 0) is 24.1 Å². The van der Waals surface area contributed by atoms with Crippen molar-refractivity contribution in [3.05, 3.63) is 35.4 Å². The maximum atomic E-state index is 11.8. The van der Waals surface area contributed by atoms with Crippen molar-refractivity contribution in [3.63, 3.8) is 0 Å². The van der Waals surface area contributed by atoms with E-state index in [1.165, 1.54) is 5.06 Å². The maximum absolute atomic E-state index is 11.8. The number of carbonyl (C=O) groups is 2. The summed E-state index contributed by atoms with van der Waals surface area (Å²) in [7, 11) is 0. The lowest BCUT2D eigenvalue weighted by Crippen LogP contribution is -2.35. The summed E-state index contributed by atoms with van der Waals surface area (Å²) < 4.78 is 0. The Labute approximate surface area is 122 Å². The number of nitrogens with zero attached hydrogens (tertiary/aromatic N) is 1. The van der Waals surface area contributed by atoms with Gasteiger partial charge in [0.05, 0.1) is 26.4 Å². The second-order valence-electron chi connectivity index (χ2n) is 4.57. The minimum atomic E-state index is -0.406. The van der Waals surface area contributed by atoms with E-state index in [9.17, 15) is 9.59 Å². The number of aliphatic hydroxyl groups excluding tert-OH is 1. The molecule has 114 valence electrons. The molecule has 0 saturated carbocycles. The van der Waals surface area contributed by atoms with Crippen molar-refractivity contribution in [2.75, 3.05) is 19.8 Å². The van der Waals surface area contributed by atoms with Gasteiger partial charge in [0.1, 0.15) is 0 Å². The second-order valence-corrected chi connectivity index (χ2v) is 4.57. The number of hydrogen-bond donors (Lipinski definition) is 2. The molecule has 0 unspecified atom stereocenters. The molecular formula is C14H18N2O5. The Morgan fingerprint density at radius 3 is 3.10 bits per heavy atom. The summed E-state index contributed by atoms with van der Waals surface area (Å²) in [6.07, 6.45) is 1.22. The number of carbonyl (C=O) groups excluding carboxylic acids is 2. The summed E-state index contributed by atoms with van der Waals surface area (Å²) in [5, 5.41) is 9.90. The van der Waals surface area contributed by atoms with Crippen molar-refractivity contribution in [2.45, 2.75) is 19.4 Å². The van der Waals surface area contributed by atoms with Crippen LogP contribution in [0, 0.1) is 0 Å². The van der Waals surface area contributed by atoms with Gasteiger partial charge in [0.15, 0.2) is 0 Å². The minimum absolute atomic E-state index is 0.0293. The van der Waals surface area contributed by atoms with Crippen LogP contribution in [0.2, 0.25) is 0 Å². The Bertz CT molecular complexity index is 506. The van der Waals surface area contributed by atoms with Gasteiger partial charge in [-0.15, -0.1) is 0 Å². The van der Waals surface area contributed by atoms with Gasteiger partial charge in [-0.2, -0.15) is 0 Å². The second kappa shape index (κ2) is 7.72. The lowest BCUT2D eigenvalue weighted by molar-refractivity contribution is -0.201. The van der Waals surface area contributed by atoms with Crippen molar-refractivity contribution in [1.29, 1.82) is 0 Å². The third kappa shape index (κ3) is 4.52. The SMILES string of the molecule is O=C(NOCCO)c1cccc(CN2OCCCC2=O)c1. The molecule has 0 atom stereocenters. The van der Waals surface area contributed by atoms with Crippen molar-refractivity contribution in [1.82, 2.24) is 10.5 Å². The standard InChI is InChI=1S/C14H18N2O5/c17-6-8-20-15-14(19)12-4-1-3-11(9-12)10-16-13(18)5-2-7-21-16/h1,3-4,9,17H,2,5-8,10H2,(H,15,19). The van der Waals surface area contributed by atoms with E-state index < -0.39 is 5.91 Å². The number of rotatable bonds is 6. The average Bonchev–Trinajstić information content (AvgIpc) is 2.50. The zero-order valence-corrected chi connectivity index (χ0v) is 11.6. The van der Waals surface area contributed by atoms with Gasteiger partial charge in [0.2, 0.25) is 5.91 Å². The molecule has 1 aliphatic rings. The highest BCUT2D eigenvalue weighted by Crippen LogP contribution is 2.14. The molecule has 0 radical (unpaired) electrons. The number of hydroxylamine groups is 3. The monoisotopic (exact) mass is 294 g/mol. The lowest BCUT2D eigenvalue weighted by Gasteiger charge is -2.25.